The molecule has 2 rings (SSSR count). The van der Waals surface area contributed by atoms with Crippen LogP contribution in [-0.2, 0) is 0 Å². The molecule has 0 aliphatic carbocycles. The summed E-state index contributed by atoms with van der Waals surface area (Å²) < 4.78 is 1.53. The highest BCUT2D eigenvalue weighted by molar-refractivity contribution is 6.30. The van der Waals surface area contributed by atoms with Gasteiger partial charge in [0.05, 0.1) is 6.20 Å². The summed E-state index contributed by atoms with van der Waals surface area (Å²) in [5.41, 5.74) is 5.63. The minimum Gasteiger partial charge on any atom is -0.385 e. The van der Waals surface area contributed by atoms with E-state index in [9.17, 15) is 5.11 Å². The lowest BCUT2D eigenvalue weighted by Crippen LogP contribution is -2.12. The van der Waals surface area contributed by atoms with Gasteiger partial charge in [0, 0.05) is 12.7 Å². The average molecular weight is 214 g/mol. The molecule has 3 N–H and O–H groups in total. The minimum absolute atomic E-state index is 0.0665. The van der Waals surface area contributed by atoms with Crippen molar-refractivity contribution in [2.75, 3.05) is 6.54 Å². The Hall–Kier alpha value is -1.24. The van der Waals surface area contributed by atoms with Gasteiger partial charge in [-0.3, -0.25) is 4.40 Å². The Kier molecular flexibility index (Phi) is 2.32. The topological polar surface area (TPSA) is 89.3 Å². The highest BCUT2D eigenvalue weighted by Crippen LogP contribution is 2.21. The number of aromatic nitrogens is 4. The monoisotopic (exact) mass is 213 g/mol. The van der Waals surface area contributed by atoms with E-state index in [0.29, 0.717) is 16.6 Å². The average Bonchev–Trinajstić information content (AvgIpc) is 2.56. The Morgan fingerprint density at radius 2 is 2.43 bits per heavy atom. The van der Waals surface area contributed by atoms with Gasteiger partial charge in [-0.05, 0) is 0 Å². The van der Waals surface area contributed by atoms with Crippen molar-refractivity contribution in [1.29, 1.82) is 0 Å². The van der Waals surface area contributed by atoms with E-state index < -0.39 is 6.10 Å². The Balaban J connectivity index is 2.62. The summed E-state index contributed by atoms with van der Waals surface area (Å²) in [5.74, 6) is 0.347. The van der Waals surface area contributed by atoms with E-state index in [2.05, 4.69) is 15.2 Å². The molecule has 0 amide bonds. The van der Waals surface area contributed by atoms with Gasteiger partial charge in [-0.1, -0.05) is 11.6 Å². The van der Waals surface area contributed by atoms with Gasteiger partial charge in [-0.2, -0.15) is 5.10 Å². The van der Waals surface area contributed by atoms with Crippen molar-refractivity contribution in [2.24, 2.45) is 5.73 Å². The number of hydrogen-bond donors (Lipinski definition) is 2. The third-order valence-corrected chi connectivity index (χ3v) is 2.20. The Morgan fingerprint density at radius 3 is 3.07 bits per heavy atom. The smallest absolute Gasteiger partial charge is 0.255 e. The SMILES string of the molecule is NCC(O)c1nc2nnccn2c1Cl. The zero-order chi connectivity index (χ0) is 10.1. The molecule has 2 aromatic rings. The van der Waals surface area contributed by atoms with Gasteiger partial charge in [0.1, 0.15) is 17.0 Å². The van der Waals surface area contributed by atoms with E-state index in [1.165, 1.54) is 10.6 Å². The van der Waals surface area contributed by atoms with Gasteiger partial charge in [0.25, 0.3) is 5.78 Å². The van der Waals surface area contributed by atoms with Crippen molar-refractivity contribution < 1.29 is 5.11 Å². The van der Waals surface area contributed by atoms with Crippen LogP contribution in [0.5, 0.6) is 0 Å². The molecule has 74 valence electrons. The highest BCUT2D eigenvalue weighted by atomic mass is 35.5. The maximum absolute atomic E-state index is 9.48. The summed E-state index contributed by atoms with van der Waals surface area (Å²) >= 11 is 5.95. The molecule has 14 heavy (non-hydrogen) atoms. The van der Waals surface area contributed by atoms with Crippen LogP contribution in [0.25, 0.3) is 5.78 Å². The fourth-order valence-corrected chi connectivity index (χ4v) is 1.43. The van der Waals surface area contributed by atoms with Gasteiger partial charge >= 0.3 is 0 Å². The molecular formula is C7H8ClN5O. The molecule has 1 unspecified atom stereocenters. The van der Waals surface area contributed by atoms with Crippen LogP contribution in [0.3, 0.4) is 0 Å². The summed E-state index contributed by atoms with van der Waals surface area (Å²) in [6.07, 6.45) is 2.23. The minimum atomic E-state index is -0.871. The number of nitrogens with zero attached hydrogens (tertiary/aromatic N) is 4. The third kappa shape index (κ3) is 1.33. The lowest BCUT2D eigenvalue weighted by Gasteiger charge is -2.02. The van der Waals surface area contributed by atoms with E-state index in [0.717, 1.165) is 0 Å². The lowest BCUT2D eigenvalue weighted by molar-refractivity contribution is 0.182. The second kappa shape index (κ2) is 3.49. The summed E-state index contributed by atoms with van der Waals surface area (Å²) in [5, 5.41) is 17.2. The van der Waals surface area contributed by atoms with E-state index in [4.69, 9.17) is 17.3 Å². The summed E-state index contributed by atoms with van der Waals surface area (Å²) in [7, 11) is 0. The quantitative estimate of drug-likeness (QED) is 0.719. The molecule has 0 aliphatic heterocycles. The van der Waals surface area contributed by atoms with Gasteiger partial charge in [0.15, 0.2) is 0 Å². The molecule has 2 aromatic heterocycles. The second-order valence-electron chi connectivity index (χ2n) is 2.72. The zero-order valence-electron chi connectivity index (χ0n) is 7.13. The molecule has 0 aliphatic rings. The number of halogens is 1. The number of fused-ring (bicyclic) bond motifs is 1. The fourth-order valence-electron chi connectivity index (χ4n) is 1.13. The van der Waals surface area contributed by atoms with Crippen molar-refractivity contribution in [3.8, 4) is 0 Å². The Morgan fingerprint density at radius 1 is 1.64 bits per heavy atom. The summed E-state index contributed by atoms with van der Waals surface area (Å²) in [6, 6.07) is 0. The van der Waals surface area contributed by atoms with Crippen LogP contribution >= 0.6 is 11.6 Å². The van der Waals surface area contributed by atoms with Gasteiger partial charge in [-0.15, -0.1) is 5.10 Å². The molecule has 1 atom stereocenters. The standard InChI is InChI=1S/C7H8ClN5O/c8-6-5(4(14)3-9)11-7-12-10-1-2-13(6)7/h1-2,4,14H,3,9H2. The summed E-state index contributed by atoms with van der Waals surface area (Å²) in [6.45, 7) is 0.0665. The first-order valence-corrected chi connectivity index (χ1v) is 4.35. The van der Waals surface area contributed by atoms with Crippen LogP contribution < -0.4 is 5.73 Å². The molecule has 0 saturated carbocycles. The number of rotatable bonds is 2. The predicted molar refractivity (Wildman–Crippen MR) is 49.8 cm³/mol. The molecular weight excluding hydrogens is 206 g/mol. The largest absolute Gasteiger partial charge is 0.385 e. The van der Waals surface area contributed by atoms with Crippen molar-refractivity contribution in [2.45, 2.75) is 6.10 Å². The molecule has 0 saturated heterocycles. The van der Waals surface area contributed by atoms with E-state index in [1.807, 2.05) is 0 Å². The Bertz CT molecular complexity index is 456. The molecule has 6 nitrogen and oxygen atoms in total. The van der Waals surface area contributed by atoms with Gasteiger partial charge in [-0.25, -0.2) is 4.98 Å². The van der Waals surface area contributed by atoms with E-state index in [1.54, 1.807) is 6.20 Å². The van der Waals surface area contributed by atoms with Crippen LogP contribution in [-0.4, -0.2) is 31.2 Å². The molecule has 2 heterocycles. The zero-order valence-corrected chi connectivity index (χ0v) is 7.89. The normalized spacial score (nSPS) is 13.4. The first kappa shape index (κ1) is 9.32. The van der Waals surface area contributed by atoms with Crippen LogP contribution in [0.1, 0.15) is 11.8 Å². The third-order valence-electron chi connectivity index (χ3n) is 1.83. The van der Waals surface area contributed by atoms with Crippen LogP contribution in [0.15, 0.2) is 12.4 Å². The lowest BCUT2D eigenvalue weighted by atomic mass is 10.3. The number of imidazole rings is 1. The van der Waals surface area contributed by atoms with Gasteiger partial charge < -0.3 is 10.8 Å². The second-order valence-corrected chi connectivity index (χ2v) is 3.08. The molecule has 0 spiro atoms. The first-order valence-electron chi connectivity index (χ1n) is 3.97. The maximum Gasteiger partial charge on any atom is 0.255 e. The predicted octanol–water partition coefficient (Wildman–Crippen LogP) is -0.230. The van der Waals surface area contributed by atoms with Crippen LogP contribution in [0.2, 0.25) is 5.15 Å². The van der Waals surface area contributed by atoms with Crippen molar-refractivity contribution >= 4 is 17.4 Å². The van der Waals surface area contributed by atoms with Crippen molar-refractivity contribution in [3.63, 3.8) is 0 Å². The van der Waals surface area contributed by atoms with Crippen LogP contribution in [0.4, 0.5) is 0 Å². The number of hydrogen-bond acceptors (Lipinski definition) is 5. The van der Waals surface area contributed by atoms with Crippen molar-refractivity contribution in [1.82, 2.24) is 19.6 Å². The number of nitrogens with two attached hydrogens (primary N) is 1. The van der Waals surface area contributed by atoms with Crippen LogP contribution in [0, 0.1) is 0 Å². The molecule has 7 heteroatoms. The number of aliphatic hydroxyl groups is 1. The number of aliphatic hydroxyl groups excluding tert-OH is 1. The van der Waals surface area contributed by atoms with E-state index in [-0.39, 0.29) is 6.54 Å². The first-order chi connectivity index (χ1) is 6.74. The fraction of sp³-hybridized carbons (Fsp3) is 0.286. The molecule has 0 radical (unpaired) electrons. The molecule has 0 fully saturated rings. The summed E-state index contributed by atoms with van der Waals surface area (Å²) in [4.78, 5) is 4.01. The Labute approximate surface area is 84.3 Å². The van der Waals surface area contributed by atoms with Crippen molar-refractivity contribution in [3.05, 3.63) is 23.2 Å². The van der Waals surface area contributed by atoms with E-state index >= 15 is 0 Å². The molecule has 0 bridgehead atoms. The van der Waals surface area contributed by atoms with Gasteiger partial charge in [0.2, 0.25) is 0 Å². The highest BCUT2D eigenvalue weighted by Gasteiger charge is 2.17. The maximum atomic E-state index is 9.48. The molecule has 0 aromatic carbocycles.